The highest BCUT2D eigenvalue weighted by molar-refractivity contribution is 5.81. The predicted molar refractivity (Wildman–Crippen MR) is 65.9 cm³/mol. The van der Waals surface area contributed by atoms with Gasteiger partial charge in [-0.15, -0.1) is 0 Å². The Hall–Kier alpha value is -0.650. The minimum atomic E-state index is 0.0541. The molecule has 2 fully saturated rings. The first-order chi connectivity index (χ1) is 8.36. The van der Waals surface area contributed by atoms with Crippen molar-refractivity contribution in [2.45, 2.75) is 25.3 Å². The van der Waals surface area contributed by atoms with Gasteiger partial charge in [-0.3, -0.25) is 9.69 Å². The van der Waals surface area contributed by atoms with Gasteiger partial charge in [0.25, 0.3) is 0 Å². The SMILES string of the molecule is O=C(NCCCN1CCOCC1)[C@@H]1CCCN1. The summed E-state index contributed by atoms with van der Waals surface area (Å²) in [6, 6.07) is 0.0541. The van der Waals surface area contributed by atoms with Gasteiger partial charge in [0.1, 0.15) is 0 Å². The average Bonchev–Trinajstić information content (AvgIpc) is 2.89. The molecule has 2 heterocycles. The molecule has 98 valence electrons. The molecule has 0 saturated carbocycles. The van der Waals surface area contributed by atoms with Gasteiger partial charge in [-0.1, -0.05) is 0 Å². The number of hydrogen-bond acceptors (Lipinski definition) is 4. The van der Waals surface area contributed by atoms with Gasteiger partial charge in [-0.25, -0.2) is 0 Å². The first-order valence-electron chi connectivity index (χ1n) is 6.67. The molecular formula is C12H23N3O2. The van der Waals surface area contributed by atoms with Crippen LogP contribution in [0, 0.1) is 0 Å². The second-order valence-electron chi connectivity index (χ2n) is 4.75. The Bertz CT molecular complexity index is 236. The van der Waals surface area contributed by atoms with Gasteiger partial charge >= 0.3 is 0 Å². The van der Waals surface area contributed by atoms with E-state index in [9.17, 15) is 4.79 Å². The van der Waals surface area contributed by atoms with E-state index in [-0.39, 0.29) is 11.9 Å². The summed E-state index contributed by atoms with van der Waals surface area (Å²) >= 11 is 0. The maximum Gasteiger partial charge on any atom is 0.237 e. The Morgan fingerprint density at radius 2 is 2.24 bits per heavy atom. The lowest BCUT2D eigenvalue weighted by atomic mass is 10.2. The van der Waals surface area contributed by atoms with Crippen molar-refractivity contribution in [1.29, 1.82) is 0 Å². The zero-order valence-electron chi connectivity index (χ0n) is 10.4. The van der Waals surface area contributed by atoms with Crippen molar-refractivity contribution in [1.82, 2.24) is 15.5 Å². The molecule has 2 aliphatic rings. The van der Waals surface area contributed by atoms with Crippen LogP contribution in [-0.2, 0) is 9.53 Å². The van der Waals surface area contributed by atoms with Crippen molar-refractivity contribution in [2.24, 2.45) is 0 Å². The smallest absolute Gasteiger partial charge is 0.237 e. The molecule has 1 amide bonds. The zero-order valence-corrected chi connectivity index (χ0v) is 10.4. The molecule has 0 aromatic carbocycles. The fourth-order valence-corrected chi connectivity index (χ4v) is 2.37. The fraction of sp³-hybridized carbons (Fsp3) is 0.917. The van der Waals surface area contributed by atoms with Gasteiger partial charge in [-0.2, -0.15) is 0 Å². The highest BCUT2D eigenvalue weighted by atomic mass is 16.5. The Morgan fingerprint density at radius 3 is 2.94 bits per heavy atom. The Labute approximate surface area is 103 Å². The maximum atomic E-state index is 11.7. The van der Waals surface area contributed by atoms with Gasteiger partial charge in [0.2, 0.25) is 5.91 Å². The topological polar surface area (TPSA) is 53.6 Å². The van der Waals surface area contributed by atoms with E-state index in [1.165, 1.54) is 0 Å². The Balaban J connectivity index is 1.51. The Kier molecular flexibility index (Phi) is 5.22. The van der Waals surface area contributed by atoms with E-state index in [0.29, 0.717) is 0 Å². The maximum absolute atomic E-state index is 11.7. The minimum absolute atomic E-state index is 0.0541. The molecule has 2 aliphatic heterocycles. The van der Waals surface area contributed by atoms with Crippen LogP contribution in [0.25, 0.3) is 0 Å². The van der Waals surface area contributed by atoms with Gasteiger partial charge in [0.15, 0.2) is 0 Å². The standard InChI is InChI=1S/C12H23N3O2/c16-12(11-3-1-4-13-11)14-5-2-6-15-7-9-17-10-8-15/h11,13H,1-10H2,(H,14,16)/t11-/m0/s1. The number of carbonyl (C=O) groups excluding carboxylic acids is 1. The van der Waals surface area contributed by atoms with Crippen LogP contribution < -0.4 is 10.6 Å². The van der Waals surface area contributed by atoms with Gasteiger partial charge in [-0.05, 0) is 32.4 Å². The molecule has 0 aromatic heterocycles. The molecule has 1 atom stereocenters. The summed E-state index contributed by atoms with van der Waals surface area (Å²) in [6.45, 7) is 6.56. The van der Waals surface area contributed by atoms with E-state index in [2.05, 4.69) is 15.5 Å². The third kappa shape index (κ3) is 4.26. The summed E-state index contributed by atoms with van der Waals surface area (Å²) in [4.78, 5) is 14.1. The highest BCUT2D eigenvalue weighted by Gasteiger charge is 2.21. The molecule has 0 spiro atoms. The molecule has 0 radical (unpaired) electrons. The number of carbonyl (C=O) groups is 1. The van der Waals surface area contributed by atoms with Crippen LogP contribution >= 0.6 is 0 Å². The molecule has 0 aliphatic carbocycles. The molecule has 2 rings (SSSR count). The van der Waals surface area contributed by atoms with E-state index in [0.717, 1.165) is 65.2 Å². The van der Waals surface area contributed by atoms with Crippen LogP contribution in [0.4, 0.5) is 0 Å². The summed E-state index contributed by atoms with van der Waals surface area (Å²) in [5, 5.41) is 6.21. The number of amides is 1. The first-order valence-corrected chi connectivity index (χ1v) is 6.67. The molecule has 0 unspecified atom stereocenters. The van der Waals surface area contributed by atoms with E-state index in [4.69, 9.17) is 4.74 Å². The van der Waals surface area contributed by atoms with E-state index < -0.39 is 0 Å². The third-order valence-corrected chi connectivity index (χ3v) is 3.43. The molecule has 17 heavy (non-hydrogen) atoms. The van der Waals surface area contributed by atoms with E-state index in [1.54, 1.807) is 0 Å². The van der Waals surface area contributed by atoms with Crippen LogP contribution in [0.15, 0.2) is 0 Å². The third-order valence-electron chi connectivity index (χ3n) is 3.43. The number of nitrogens with one attached hydrogen (secondary N) is 2. The molecule has 0 aromatic rings. The van der Waals surface area contributed by atoms with Crippen LogP contribution in [0.2, 0.25) is 0 Å². The summed E-state index contributed by atoms with van der Waals surface area (Å²) in [7, 11) is 0. The average molecular weight is 241 g/mol. The van der Waals surface area contributed by atoms with Crippen molar-refractivity contribution in [2.75, 3.05) is 45.9 Å². The molecule has 0 bridgehead atoms. The summed E-state index contributed by atoms with van der Waals surface area (Å²) in [6.07, 6.45) is 3.12. The molecule has 2 N–H and O–H groups in total. The zero-order chi connectivity index (χ0) is 11.9. The lowest BCUT2D eigenvalue weighted by molar-refractivity contribution is -0.122. The minimum Gasteiger partial charge on any atom is -0.379 e. The molecular weight excluding hydrogens is 218 g/mol. The summed E-state index contributed by atoms with van der Waals surface area (Å²) < 4.78 is 5.29. The lowest BCUT2D eigenvalue weighted by Gasteiger charge is -2.26. The van der Waals surface area contributed by atoms with E-state index >= 15 is 0 Å². The second-order valence-corrected chi connectivity index (χ2v) is 4.75. The van der Waals surface area contributed by atoms with Crippen molar-refractivity contribution in [3.8, 4) is 0 Å². The van der Waals surface area contributed by atoms with Crippen LogP contribution in [-0.4, -0.2) is 62.8 Å². The van der Waals surface area contributed by atoms with Gasteiger partial charge in [0, 0.05) is 19.6 Å². The Morgan fingerprint density at radius 1 is 1.41 bits per heavy atom. The number of nitrogens with zero attached hydrogens (tertiary/aromatic N) is 1. The monoisotopic (exact) mass is 241 g/mol. The fourth-order valence-electron chi connectivity index (χ4n) is 2.37. The normalized spacial score (nSPS) is 26.0. The molecule has 2 saturated heterocycles. The van der Waals surface area contributed by atoms with Crippen LogP contribution in [0.5, 0.6) is 0 Å². The van der Waals surface area contributed by atoms with Crippen molar-refractivity contribution < 1.29 is 9.53 Å². The van der Waals surface area contributed by atoms with Gasteiger partial charge in [0.05, 0.1) is 19.3 Å². The molecule has 5 nitrogen and oxygen atoms in total. The number of hydrogen-bond donors (Lipinski definition) is 2. The van der Waals surface area contributed by atoms with E-state index in [1.807, 2.05) is 0 Å². The number of rotatable bonds is 5. The largest absolute Gasteiger partial charge is 0.379 e. The number of morpholine rings is 1. The predicted octanol–water partition coefficient (Wildman–Crippen LogP) is -0.423. The van der Waals surface area contributed by atoms with Crippen molar-refractivity contribution in [3.63, 3.8) is 0 Å². The van der Waals surface area contributed by atoms with Crippen LogP contribution in [0.1, 0.15) is 19.3 Å². The second kappa shape index (κ2) is 6.93. The van der Waals surface area contributed by atoms with Crippen molar-refractivity contribution >= 4 is 5.91 Å². The summed E-state index contributed by atoms with van der Waals surface area (Å²) in [5.74, 6) is 0.171. The lowest BCUT2D eigenvalue weighted by Crippen LogP contribution is -2.42. The molecule has 5 heteroatoms. The van der Waals surface area contributed by atoms with Crippen molar-refractivity contribution in [3.05, 3.63) is 0 Å². The van der Waals surface area contributed by atoms with Crippen LogP contribution in [0.3, 0.4) is 0 Å². The summed E-state index contributed by atoms with van der Waals surface area (Å²) in [5.41, 5.74) is 0. The quantitative estimate of drug-likeness (QED) is 0.642. The first kappa shape index (κ1) is 12.8. The number of ether oxygens (including phenoxy) is 1. The highest BCUT2D eigenvalue weighted by Crippen LogP contribution is 2.04. The van der Waals surface area contributed by atoms with Gasteiger partial charge < -0.3 is 15.4 Å².